The van der Waals surface area contributed by atoms with E-state index < -0.39 is 0 Å². The van der Waals surface area contributed by atoms with E-state index >= 15 is 0 Å². The van der Waals surface area contributed by atoms with E-state index in [-0.39, 0.29) is 5.54 Å². The Morgan fingerprint density at radius 1 is 1.47 bits per heavy atom. The predicted molar refractivity (Wildman–Crippen MR) is 65.3 cm³/mol. The van der Waals surface area contributed by atoms with Gasteiger partial charge in [0.1, 0.15) is 0 Å². The molecule has 2 aliphatic heterocycles. The Morgan fingerprint density at radius 3 is 2.80 bits per heavy atom. The normalized spacial score (nSPS) is 37.0. The fourth-order valence-corrected chi connectivity index (χ4v) is 3.67. The monoisotopic (exact) mass is 230 g/mol. The number of nitrogens with zero attached hydrogens (tertiary/aromatic N) is 1. The van der Waals surface area contributed by atoms with Gasteiger partial charge >= 0.3 is 0 Å². The van der Waals surface area contributed by atoms with Gasteiger partial charge in [0.2, 0.25) is 0 Å². The van der Waals surface area contributed by atoms with Crippen molar-refractivity contribution in [2.75, 3.05) is 38.6 Å². The van der Waals surface area contributed by atoms with E-state index in [1.54, 1.807) is 0 Å². The molecular formula is C11H22N2OS. The Bertz CT molecular complexity index is 227. The van der Waals surface area contributed by atoms with E-state index in [2.05, 4.69) is 30.5 Å². The van der Waals surface area contributed by atoms with Crippen molar-refractivity contribution >= 4 is 11.8 Å². The molecule has 0 amide bonds. The summed E-state index contributed by atoms with van der Waals surface area (Å²) < 4.78 is 5.91. The van der Waals surface area contributed by atoms with Gasteiger partial charge in [-0.1, -0.05) is 0 Å². The summed E-state index contributed by atoms with van der Waals surface area (Å²) in [5.74, 6) is 1.22. The van der Waals surface area contributed by atoms with Crippen LogP contribution in [0.25, 0.3) is 0 Å². The van der Waals surface area contributed by atoms with Crippen LogP contribution < -0.4 is 5.73 Å². The highest BCUT2D eigenvalue weighted by molar-refractivity contribution is 8.00. The summed E-state index contributed by atoms with van der Waals surface area (Å²) >= 11 is 2.07. The highest BCUT2D eigenvalue weighted by Gasteiger charge is 2.43. The number of nitrogens with two attached hydrogens (primary N) is 1. The summed E-state index contributed by atoms with van der Waals surface area (Å²) in [5, 5.41) is 0. The molecule has 2 heterocycles. The molecule has 15 heavy (non-hydrogen) atoms. The Kier molecular flexibility index (Phi) is 3.31. The topological polar surface area (TPSA) is 38.5 Å². The highest BCUT2D eigenvalue weighted by Crippen LogP contribution is 2.35. The first-order valence-corrected chi connectivity index (χ1v) is 6.73. The highest BCUT2D eigenvalue weighted by atomic mass is 32.2. The smallest absolute Gasteiger partial charge is 0.0663 e. The molecule has 0 aromatic carbocycles. The molecule has 2 N–H and O–H groups in total. The maximum Gasteiger partial charge on any atom is 0.0663 e. The van der Waals surface area contributed by atoms with Crippen molar-refractivity contribution < 1.29 is 4.74 Å². The zero-order valence-corrected chi connectivity index (χ0v) is 10.6. The molecule has 0 aromatic rings. The van der Waals surface area contributed by atoms with Crippen LogP contribution in [0, 0.1) is 0 Å². The molecule has 4 heteroatoms. The largest absolute Gasteiger partial charge is 0.379 e. The van der Waals surface area contributed by atoms with Crippen LogP contribution in [0.2, 0.25) is 0 Å². The molecule has 3 nitrogen and oxygen atoms in total. The van der Waals surface area contributed by atoms with Crippen LogP contribution in [0.15, 0.2) is 0 Å². The van der Waals surface area contributed by atoms with Gasteiger partial charge in [-0.3, -0.25) is 4.90 Å². The van der Waals surface area contributed by atoms with Gasteiger partial charge in [-0.15, -0.1) is 0 Å². The Labute approximate surface area is 96.7 Å². The minimum absolute atomic E-state index is 0.137. The van der Waals surface area contributed by atoms with Gasteiger partial charge in [0.15, 0.2) is 0 Å². The second kappa shape index (κ2) is 4.24. The Hall–Kier alpha value is 0.230. The maximum atomic E-state index is 5.96. The van der Waals surface area contributed by atoms with Crippen LogP contribution in [0.4, 0.5) is 0 Å². The van der Waals surface area contributed by atoms with Crippen molar-refractivity contribution in [3.63, 3.8) is 0 Å². The van der Waals surface area contributed by atoms with Crippen molar-refractivity contribution in [2.24, 2.45) is 5.73 Å². The van der Waals surface area contributed by atoms with E-state index in [0.717, 1.165) is 39.3 Å². The van der Waals surface area contributed by atoms with Crippen LogP contribution in [0.3, 0.4) is 0 Å². The second-order valence-corrected chi connectivity index (χ2v) is 7.06. The summed E-state index contributed by atoms with van der Waals surface area (Å²) in [5.41, 5.74) is 6.10. The number of hydrogen-bond acceptors (Lipinski definition) is 4. The van der Waals surface area contributed by atoms with Crippen molar-refractivity contribution in [1.29, 1.82) is 0 Å². The summed E-state index contributed by atoms with van der Waals surface area (Å²) in [7, 11) is 0. The van der Waals surface area contributed by atoms with Crippen molar-refractivity contribution in [3.8, 4) is 0 Å². The SMILES string of the molecule is CC1(C)CN(C2(CN)CCOC2)CCS1. The fourth-order valence-electron chi connectivity index (χ4n) is 2.56. The molecule has 0 bridgehead atoms. The maximum absolute atomic E-state index is 5.96. The quantitative estimate of drug-likeness (QED) is 0.766. The van der Waals surface area contributed by atoms with Crippen LogP contribution in [-0.4, -0.2) is 53.8 Å². The zero-order chi connectivity index (χ0) is 10.9. The molecule has 1 unspecified atom stereocenters. The van der Waals surface area contributed by atoms with E-state index in [0.29, 0.717) is 4.75 Å². The van der Waals surface area contributed by atoms with Crippen LogP contribution in [-0.2, 0) is 4.74 Å². The number of ether oxygens (including phenoxy) is 1. The molecule has 2 fully saturated rings. The summed E-state index contributed by atoms with van der Waals surface area (Å²) in [6, 6.07) is 0. The molecule has 2 rings (SSSR count). The molecule has 88 valence electrons. The van der Waals surface area contributed by atoms with Gasteiger partial charge in [0.25, 0.3) is 0 Å². The van der Waals surface area contributed by atoms with Gasteiger partial charge in [-0.2, -0.15) is 11.8 Å². The molecular weight excluding hydrogens is 208 g/mol. The Morgan fingerprint density at radius 2 is 2.27 bits per heavy atom. The number of rotatable bonds is 2. The van der Waals surface area contributed by atoms with Gasteiger partial charge in [-0.05, 0) is 20.3 Å². The average molecular weight is 230 g/mol. The molecule has 0 aromatic heterocycles. The van der Waals surface area contributed by atoms with E-state index in [1.807, 2.05) is 0 Å². The summed E-state index contributed by atoms with van der Waals surface area (Å²) in [4.78, 5) is 2.57. The fraction of sp³-hybridized carbons (Fsp3) is 1.00. The predicted octanol–water partition coefficient (Wildman–Crippen LogP) is 0.932. The lowest BCUT2D eigenvalue weighted by Crippen LogP contribution is -2.60. The lowest BCUT2D eigenvalue weighted by molar-refractivity contribution is 0.0679. The first-order valence-electron chi connectivity index (χ1n) is 5.75. The molecule has 0 saturated carbocycles. The first kappa shape index (κ1) is 11.7. The molecule has 0 spiro atoms. The van der Waals surface area contributed by atoms with Crippen LogP contribution in [0.1, 0.15) is 20.3 Å². The molecule has 0 aliphatic carbocycles. The first-order chi connectivity index (χ1) is 7.08. The zero-order valence-electron chi connectivity index (χ0n) is 9.79. The van der Waals surface area contributed by atoms with Crippen LogP contribution in [0.5, 0.6) is 0 Å². The van der Waals surface area contributed by atoms with Crippen molar-refractivity contribution in [3.05, 3.63) is 0 Å². The van der Waals surface area contributed by atoms with Gasteiger partial charge < -0.3 is 10.5 Å². The van der Waals surface area contributed by atoms with Crippen LogP contribution >= 0.6 is 11.8 Å². The summed E-state index contributed by atoms with van der Waals surface area (Å²) in [6.07, 6.45) is 1.10. The van der Waals surface area contributed by atoms with E-state index in [9.17, 15) is 0 Å². The van der Waals surface area contributed by atoms with Crippen molar-refractivity contribution in [2.45, 2.75) is 30.6 Å². The molecule has 2 saturated heterocycles. The molecule has 1 atom stereocenters. The third kappa shape index (κ3) is 2.33. The van der Waals surface area contributed by atoms with Gasteiger partial charge in [0, 0.05) is 36.7 Å². The minimum Gasteiger partial charge on any atom is -0.379 e. The standard InChI is InChI=1S/C11H22N2OS/c1-10(2)8-13(4-6-15-10)11(7-12)3-5-14-9-11/h3-9,12H2,1-2H3. The second-order valence-electron chi connectivity index (χ2n) is 5.26. The summed E-state index contributed by atoms with van der Waals surface area (Å²) in [6.45, 7) is 9.37. The van der Waals surface area contributed by atoms with Gasteiger partial charge in [-0.25, -0.2) is 0 Å². The van der Waals surface area contributed by atoms with Gasteiger partial charge in [0.05, 0.1) is 12.1 Å². The minimum atomic E-state index is 0.137. The number of hydrogen-bond donors (Lipinski definition) is 1. The third-order valence-electron chi connectivity index (χ3n) is 3.56. The molecule has 2 aliphatic rings. The molecule has 0 radical (unpaired) electrons. The lowest BCUT2D eigenvalue weighted by atomic mass is 9.94. The number of thioether (sulfide) groups is 1. The van der Waals surface area contributed by atoms with E-state index in [1.165, 1.54) is 5.75 Å². The lowest BCUT2D eigenvalue weighted by Gasteiger charge is -2.46. The Balaban J connectivity index is 2.08. The third-order valence-corrected chi connectivity index (χ3v) is 4.86. The van der Waals surface area contributed by atoms with Crippen molar-refractivity contribution in [1.82, 2.24) is 4.90 Å². The average Bonchev–Trinajstić information content (AvgIpc) is 2.65. The van der Waals surface area contributed by atoms with E-state index in [4.69, 9.17) is 10.5 Å².